The van der Waals surface area contributed by atoms with Gasteiger partial charge in [0.15, 0.2) is 0 Å². The lowest BCUT2D eigenvalue weighted by Gasteiger charge is -2.73. The first kappa shape index (κ1) is 22.5. The summed E-state index contributed by atoms with van der Waals surface area (Å²) in [6.45, 7) is 20.7. The van der Waals surface area contributed by atoms with Crippen LogP contribution in [0.4, 0.5) is 0 Å². The second-order valence-electron chi connectivity index (χ2n) is 14.8. The zero-order valence-corrected chi connectivity index (χ0v) is 21.9. The first-order chi connectivity index (χ1) is 14.3. The Kier molecular flexibility index (Phi) is 4.80. The van der Waals surface area contributed by atoms with Gasteiger partial charge < -0.3 is 0 Å². The molecule has 0 radical (unpaired) electrons. The molecule has 0 unspecified atom stereocenters. The zero-order chi connectivity index (χ0) is 22.6. The van der Waals surface area contributed by atoms with Crippen molar-refractivity contribution in [3.8, 4) is 0 Å². The van der Waals surface area contributed by atoms with Crippen LogP contribution in [-0.2, 0) is 4.79 Å². The molecule has 1 nitrogen and oxygen atoms in total. The lowest BCUT2D eigenvalue weighted by atomic mass is 9.31. The molecule has 1 heteroatoms. The molecular formula is C30H50O. The van der Waals surface area contributed by atoms with E-state index in [1.54, 1.807) is 0 Å². The summed E-state index contributed by atoms with van der Waals surface area (Å²) >= 11 is 0. The van der Waals surface area contributed by atoms with Crippen molar-refractivity contribution in [1.29, 1.82) is 0 Å². The molecule has 0 heterocycles. The molecule has 0 aliphatic heterocycles. The molecule has 0 bridgehead atoms. The molecule has 5 fully saturated rings. The number of carbonyl (C=O) groups is 1. The molecule has 5 aliphatic rings. The number of Topliss-reactive ketones (excluding diaryl/α,β-unsaturated/α-hetero) is 1. The second kappa shape index (κ2) is 6.63. The molecule has 0 aromatic heterocycles. The lowest BCUT2D eigenvalue weighted by Crippen LogP contribution is -2.67. The summed E-state index contributed by atoms with van der Waals surface area (Å²) in [7, 11) is 0. The Balaban J connectivity index is 1.56. The van der Waals surface area contributed by atoms with Crippen molar-refractivity contribution >= 4 is 5.78 Å². The summed E-state index contributed by atoms with van der Waals surface area (Å²) in [5.41, 5.74) is 2.19. The van der Waals surface area contributed by atoms with E-state index < -0.39 is 0 Å². The molecule has 5 saturated carbocycles. The molecule has 0 N–H and O–H groups in total. The average molecular weight is 427 g/mol. The van der Waals surface area contributed by atoms with Crippen LogP contribution in [0.5, 0.6) is 0 Å². The minimum atomic E-state index is 0.238. The van der Waals surface area contributed by atoms with Crippen LogP contribution >= 0.6 is 0 Å². The number of carbonyl (C=O) groups excluding carboxylic acids is 1. The van der Waals surface area contributed by atoms with E-state index in [-0.39, 0.29) is 11.3 Å². The molecule has 0 spiro atoms. The molecule has 0 aromatic carbocycles. The summed E-state index contributed by atoms with van der Waals surface area (Å²) in [5.74, 6) is 5.04. The topological polar surface area (TPSA) is 17.1 Å². The van der Waals surface area contributed by atoms with Crippen molar-refractivity contribution in [2.45, 2.75) is 120 Å². The highest BCUT2D eigenvalue weighted by molar-refractivity contribution is 5.82. The van der Waals surface area contributed by atoms with Crippen LogP contribution in [0.25, 0.3) is 0 Å². The van der Waals surface area contributed by atoms with Crippen LogP contribution in [0.3, 0.4) is 0 Å². The third-order valence-corrected chi connectivity index (χ3v) is 13.8. The van der Waals surface area contributed by atoms with Crippen molar-refractivity contribution < 1.29 is 4.79 Å². The first-order valence-corrected chi connectivity index (χ1v) is 13.9. The molecule has 0 amide bonds. The quantitative estimate of drug-likeness (QED) is 0.412. The maximum Gasteiger partial charge on any atom is 0.136 e. The number of rotatable bonds is 1. The monoisotopic (exact) mass is 426 g/mol. The zero-order valence-electron chi connectivity index (χ0n) is 21.9. The summed E-state index contributed by atoms with van der Waals surface area (Å²) in [4.78, 5) is 12.7. The standard InChI is InChI=1S/C30H50O/c1-19(2)21-11-13-26(4)15-17-29(7)24-12-14-27(5)20(3)22(31)9-10-23(27)28(24,6)16-18-30(29,8)25(21)26/h19-21,23-25H,9-18H2,1-8H3/t20-,21+,23+,24-,25+,26+,27+,28-,29+,30-/m0/s1. The molecule has 0 saturated heterocycles. The van der Waals surface area contributed by atoms with Crippen LogP contribution in [-0.4, -0.2) is 5.78 Å². The number of hydrogen-bond acceptors (Lipinski definition) is 1. The van der Waals surface area contributed by atoms with Crippen LogP contribution in [0, 0.1) is 62.6 Å². The van der Waals surface area contributed by atoms with Gasteiger partial charge in [-0.15, -0.1) is 0 Å². The van der Waals surface area contributed by atoms with Crippen LogP contribution < -0.4 is 0 Å². The summed E-state index contributed by atoms with van der Waals surface area (Å²) in [5, 5.41) is 0. The molecule has 5 aliphatic carbocycles. The Labute approximate surface area is 192 Å². The normalized spacial score (nSPS) is 59.0. The van der Waals surface area contributed by atoms with Crippen molar-refractivity contribution in [3.05, 3.63) is 0 Å². The van der Waals surface area contributed by atoms with E-state index in [1.807, 2.05) is 0 Å². The molecular weight excluding hydrogens is 376 g/mol. The van der Waals surface area contributed by atoms with E-state index in [0.717, 1.165) is 42.4 Å². The average Bonchev–Trinajstić information content (AvgIpc) is 3.06. The second-order valence-corrected chi connectivity index (χ2v) is 14.8. The predicted octanol–water partition coefficient (Wildman–Crippen LogP) is 8.31. The van der Waals surface area contributed by atoms with Crippen molar-refractivity contribution in [1.82, 2.24) is 0 Å². The van der Waals surface area contributed by atoms with Crippen molar-refractivity contribution in [2.24, 2.45) is 62.6 Å². The highest BCUT2D eigenvalue weighted by Gasteiger charge is 2.71. The Morgan fingerprint density at radius 2 is 1.42 bits per heavy atom. The third-order valence-electron chi connectivity index (χ3n) is 13.8. The number of ketones is 1. The van der Waals surface area contributed by atoms with Gasteiger partial charge in [0.1, 0.15) is 5.78 Å². The van der Waals surface area contributed by atoms with E-state index in [2.05, 4.69) is 55.4 Å². The van der Waals surface area contributed by atoms with E-state index in [1.165, 1.54) is 51.4 Å². The number of hydrogen-bond donors (Lipinski definition) is 0. The van der Waals surface area contributed by atoms with Gasteiger partial charge in [-0.25, -0.2) is 0 Å². The number of fused-ring (bicyclic) bond motifs is 7. The summed E-state index contributed by atoms with van der Waals surface area (Å²) in [6.07, 6.45) is 13.3. The summed E-state index contributed by atoms with van der Waals surface area (Å²) in [6, 6.07) is 0. The fraction of sp³-hybridized carbons (Fsp3) is 0.967. The van der Waals surface area contributed by atoms with Gasteiger partial charge in [0.25, 0.3) is 0 Å². The minimum Gasteiger partial charge on any atom is -0.299 e. The fourth-order valence-corrected chi connectivity index (χ4v) is 11.7. The molecule has 10 atom stereocenters. The van der Waals surface area contributed by atoms with Gasteiger partial charge >= 0.3 is 0 Å². The van der Waals surface area contributed by atoms with E-state index in [0.29, 0.717) is 27.4 Å². The highest BCUT2D eigenvalue weighted by atomic mass is 16.1. The van der Waals surface area contributed by atoms with Gasteiger partial charge in [-0.3, -0.25) is 4.79 Å². The van der Waals surface area contributed by atoms with Crippen molar-refractivity contribution in [2.75, 3.05) is 0 Å². The van der Waals surface area contributed by atoms with Gasteiger partial charge in [0.2, 0.25) is 0 Å². The van der Waals surface area contributed by atoms with E-state index >= 15 is 0 Å². The minimum absolute atomic E-state index is 0.238. The summed E-state index contributed by atoms with van der Waals surface area (Å²) < 4.78 is 0. The highest BCUT2D eigenvalue weighted by Crippen LogP contribution is 2.79. The van der Waals surface area contributed by atoms with Crippen LogP contribution in [0.2, 0.25) is 0 Å². The van der Waals surface area contributed by atoms with Crippen molar-refractivity contribution in [3.63, 3.8) is 0 Å². The van der Waals surface area contributed by atoms with Gasteiger partial charge in [-0.1, -0.05) is 55.4 Å². The Hall–Kier alpha value is -0.330. The third kappa shape index (κ3) is 2.59. The van der Waals surface area contributed by atoms with Gasteiger partial charge in [-0.2, -0.15) is 0 Å². The lowest BCUT2D eigenvalue weighted by molar-refractivity contribution is -0.247. The smallest absolute Gasteiger partial charge is 0.136 e. The van der Waals surface area contributed by atoms with Gasteiger partial charge in [0, 0.05) is 12.3 Å². The van der Waals surface area contributed by atoms with Gasteiger partial charge in [-0.05, 0) is 114 Å². The fourth-order valence-electron chi connectivity index (χ4n) is 11.7. The van der Waals surface area contributed by atoms with E-state index in [4.69, 9.17) is 0 Å². The van der Waals surface area contributed by atoms with E-state index in [9.17, 15) is 4.79 Å². The molecule has 5 rings (SSSR count). The molecule has 0 aromatic rings. The first-order valence-electron chi connectivity index (χ1n) is 13.9. The largest absolute Gasteiger partial charge is 0.299 e. The Morgan fingerprint density at radius 3 is 2.10 bits per heavy atom. The SMILES string of the molecule is CC(C)[C@H]1CC[C@]2(C)CC[C@]3(C)[C@H]4CC[C@@]5(C)[C@@H](CCC(=O)[C@@H]5C)[C@]4(C)CC[C@@]3(C)[C@H]12. The Morgan fingerprint density at radius 1 is 0.742 bits per heavy atom. The van der Waals surface area contributed by atoms with Gasteiger partial charge in [0.05, 0.1) is 0 Å². The molecule has 31 heavy (non-hydrogen) atoms. The van der Waals surface area contributed by atoms with Crippen LogP contribution in [0.15, 0.2) is 0 Å². The maximum absolute atomic E-state index is 12.7. The maximum atomic E-state index is 12.7. The van der Waals surface area contributed by atoms with Crippen LogP contribution in [0.1, 0.15) is 120 Å². The Bertz CT molecular complexity index is 768. The predicted molar refractivity (Wildman–Crippen MR) is 130 cm³/mol. The molecule has 176 valence electrons.